The fraction of sp³-hybridized carbons (Fsp3) is 0.300. The molecule has 0 saturated heterocycles. The lowest BCUT2D eigenvalue weighted by Gasteiger charge is -2.01. The number of nitrogens with zero attached hydrogens (tertiary/aromatic N) is 1. The summed E-state index contributed by atoms with van der Waals surface area (Å²) in [4.78, 5) is 11.0. The van der Waals surface area contributed by atoms with Crippen LogP contribution in [-0.2, 0) is 6.54 Å². The summed E-state index contributed by atoms with van der Waals surface area (Å²) in [5.41, 5.74) is 2.43. The van der Waals surface area contributed by atoms with Gasteiger partial charge in [0.1, 0.15) is 0 Å². The number of aromatic nitrogens is 1. The van der Waals surface area contributed by atoms with E-state index >= 15 is 0 Å². The second-order valence-electron chi connectivity index (χ2n) is 2.99. The van der Waals surface area contributed by atoms with Crippen molar-refractivity contribution in [2.75, 3.05) is 0 Å². The molecule has 0 bridgehead atoms. The smallest absolute Gasteiger partial charge is 0.254 e. The fourth-order valence-electron chi connectivity index (χ4n) is 1.45. The molecular formula is C10H12ClNO. The Balaban J connectivity index is 3.21. The number of hydrogen-bond donors (Lipinski definition) is 0. The fourth-order valence-corrected chi connectivity index (χ4v) is 1.74. The second-order valence-corrected chi connectivity index (χ2v) is 3.33. The number of rotatable bonds is 3. The van der Waals surface area contributed by atoms with Gasteiger partial charge in [-0.25, -0.2) is 0 Å². The largest absolute Gasteiger partial charge is 0.347 e. The summed E-state index contributed by atoms with van der Waals surface area (Å²) in [6.45, 7) is 8.11. The summed E-state index contributed by atoms with van der Waals surface area (Å²) >= 11 is 5.45. The molecule has 2 nitrogen and oxygen atoms in total. The average Bonchev–Trinajstić information content (AvgIpc) is 2.28. The van der Waals surface area contributed by atoms with Crippen molar-refractivity contribution in [2.24, 2.45) is 0 Å². The molecule has 0 fully saturated rings. The van der Waals surface area contributed by atoms with Crippen LogP contribution in [-0.4, -0.2) is 9.81 Å². The molecule has 0 unspecified atom stereocenters. The minimum atomic E-state index is -0.391. The third-order valence-electron chi connectivity index (χ3n) is 2.06. The molecule has 0 aromatic carbocycles. The van der Waals surface area contributed by atoms with E-state index in [1.54, 1.807) is 6.08 Å². The van der Waals surface area contributed by atoms with Crippen molar-refractivity contribution in [2.45, 2.75) is 20.4 Å². The van der Waals surface area contributed by atoms with E-state index in [4.69, 9.17) is 11.6 Å². The van der Waals surface area contributed by atoms with Gasteiger partial charge in [0.15, 0.2) is 0 Å². The molecule has 1 heterocycles. The van der Waals surface area contributed by atoms with E-state index in [2.05, 4.69) is 6.58 Å². The molecule has 3 heteroatoms. The topological polar surface area (TPSA) is 22.0 Å². The highest BCUT2D eigenvalue weighted by atomic mass is 35.5. The number of hydrogen-bond acceptors (Lipinski definition) is 1. The number of aryl methyl sites for hydroxylation is 1. The zero-order valence-corrected chi connectivity index (χ0v) is 8.56. The zero-order valence-electron chi connectivity index (χ0n) is 7.80. The van der Waals surface area contributed by atoms with Gasteiger partial charge in [0.05, 0.1) is 5.56 Å². The molecule has 13 heavy (non-hydrogen) atoms. The molecule has 0 atom stereocenters. The predicted molar refractivity (Wildman–Crippen MR) is 54.3 cm³/mol. The minimum absolute atomic E-state index is 0.391. The molecule has 0 spiro atoms. The molecular weight excluding hydrogens is 186 g/mol. The lowest BCUT2D eigenvalue weighted by Crippen LogP contribution is -1.98. The Morgan fingerprint density at radius 1 is 1.69 bits per heavy atom. The van der Waals surface area contributed by atoms with Gasteiger partial charge in [0.2, 0.25) is 0 Å². The number of carbonyl (C=O) groups is 1. The van der Waals surface area contributed by atoms with Crippen molar-refractivity contribution < 1.29 is 4.79 Å². The van der Waals surface area contributed by atoms with Crippen molar-refractivity contribution in [3.8, 4) is 0 Å². The molecule has 0 N–H and O–H groups in total. The molecule has 1 aromatic heterocycles. The maximum Gasteiger partial charge on any atom is 0.254 e. The summed E-state index contributed by atoms with van der Waals surface area (Å²) in [5, 5.41) is -0.391. The first-order valence-electron chi connectivity index (χ1n) is 4.05. The molecule has 1 aromatic rings. The van der Waals surface area contributed by atoms with Crippen LogP contribution in [0.25, 0.3) is 0 Å². The third kappa shape index (κ3) is 1.83. The van der Waals surface area contributed by atoms with Gasteiger partial charge in [-0.15, -0.1) is 6.58 Å². The molecule has 0 radical (unpaired) electrons. The first-order valence-corrected chi connectivity index (χ1v) is 4.42. The highest BCUT2D eigenvalue weighted by Crippen LogP contribution is 2.18. The SMILES string of the molecule is C=CCn1cc(C)c(C(=O)Cl)c1C. The van der Waals surface area contributed by atoms with Gasteiger partial charge in [-0.1, -0.05) is 6.08 Å². The van der Waals surface area contributed by atoms with Crippen molar-refractivity contribution in [3.05, 3.63) is 35.7 Å². The first kappa shape index (κ1) is 10.1. The van der Waals surface area contributed by atoms with Crippen LogP contribution in [0.5, 0.6) is 0 Å². The highest BCUT2D eigenvalue weighted by Gasteiger charge is 2.13. The van der Waals surface area contributed by atoms with E-state index in [1.165, 1.54) is 0 Å². The summed E-state index contributed by atoms with van der Waals surface area (Å²) in [7, 11) is 0. The molecule has 0 amide bonds. The minimum Gasteiger partial charge on any atom is -0.347 e. The highest BCUT2D eigenvalue weighted by molar-refractivity contribution is 6.68. The maximum atomic E-state index is 11.0. The number of carbonyl (C=O) groups excluding carboxylic acids is 1. The van der Waals surface area contributed by atoms with Crippen LogP contribution >= 0.6 is 11.6 Å². The first-order chi connectivity index (χ1) is 6.07. The van der Waals surface area contributed by atoms with Gasteiger partial charge in [-0.05, 0) is 31.0 Å². The standard InChI is InChI=1S/C10H12ClNO/c1-4-5-12-6-7(2)9(8(12)3)10(11)13/h4,6H,1,5H2,2-3H3. The molecule has 0 aliphatic heterocycles. The van der Waals surface area contributed by atoms with Crippen LogP contribution in [0.4, 0.5) is 0 Å². The third-order valence-corrected chi connectivity index (χ3v) is 2.25. The van der Waals surface area contributed by atoms with Gasteiger partial charge >= 0.3 is 0 Å². The van der Waals surface area contributed by atoms with Gasteiger partial charge in [-0.2, -0.15) is 0 Å². The van der Waals surface area contributed by atoms with Crippen LogP contribution in [0.15, 0.2) is 18.9 Å². The van der Waals surface area contributed by atoms with Gasteiger partial charge < -0.3 is 4.57 Å². The summed E-state index contributed by atoms with van der Waals surface area (Å²) in [6.07, 6.45) is 3.70. The summed E-state index contributed by atoms with van der Waals surface area (Å²) in [5.74, 6) is 0. The van der Waals surface area contributed by atoms with Gasteiger partial charge in [0.25, 0.3) is 5.24 Å². The lowest BCUT2D eigenvalue weighted by atomic mass is 10.2. The van der Waals surface area contributed by atoms with Crippen LogP contribution in [0, 0.1) is 13.8 Å². The van der Waals surface area contributed by atoms with Crippen LogP contribution in [0.2, 0.25) is 0 Å². The molecule has 0 saturated carbocycles. The van der Waals surface area contributed by atoms with Crippen molar-refractivity contribution in [1.29, 1.82) is 0 Å². The maximum absolute atomic E-state index is 11.0. The van der Waals surface area contributed by atoms with Crippen molar-refractivity contribution in [1.82, 2.24) is 4.57 Å². The van der Waals surface area contributed by atoms with E-state index in [9.17, 15) is 4.79 Å². The number of allylic oxidation sites excluding steroid dienone is 1. The zero-order chi connectivity index (χ0) is 10.0. The Hall–Kier alpha value is -1.02. The molecule has 70 valence electrons. The average molecular weight is 198 g/mol. The summed E-state index contributed by atoms with van der Waals surface area (Å²) < 4.78 is 1.96. The van der Waals surface area contributed by atoms with Crippen molar-refractivity contribution in [3.63, 3.8) is 0 Å². The quantitative estimate of drug-likeness (QED) is 0.540. The predicted octanol–water partition coefficient (Wildman–Crippen LogP) is 2.67. The number of halogens is 1. The Labute approximate surface area is 82.8 Å². The monoisotopic (exact) mass is 197 g/mol. The Bertz CT molecular complexity index is 352. The molecule has 0 aliphatic carbocycles. The van der Waals surface area contributed by atoms with Crippen molar-refractivity contribution >= 4 is 16.8 Å². The second kappa shape index (κ2) is 3.79. The van der Waals surface area contributed by atoms with Crippen LogP contribution < -0.4 is 0 Å². The lowest BCUT2D eigenvalue weighted by molar-refractivity contribution is 0.108. The van der Waals surface area contributed by atoms with E-state index in [-0.39, 0.29) is 0 Å². The van der Waals surface area contributed by atoms with E-state index < -0.39 is 5.24 Å². The summed E-state index contributed by atoms with van der Waals surface area (Å²) in [6, 6.07) is 0. The van der Waals surface area contributed by atoms with Crippen LogP contribution in [0.3, 0.4) is 0 Å². The Morgan fingerprint density at radius 2 is 2.31 bits per heavy atom. The normalized spacial score (nSPS) is 10.1. The van der Waals surface area contributed by atoms with E-state index in [0.717, 1.165) is 11.3 Å². The van der Waals surface area contributed by atoms with Gasteiger partial charge in [0, 0.05) is 18.4 Å². The van der Waals surface area contributed by atoms with Crippen LogP contribution in [0.1, 0.15) is 21.6 Å². The molecule has 0 aliphatic rings. The Morgan fingerprint density at radius 3 is 2.69 bits per heavy atom. The molecule has 1 rings (SSSR count). The van der Waals surface area contributed by atoms with E-state index in [1.807, 2.05) is 24.6 Å². The van der Waals surface area contributed by atoms with E-state index in [0.29, 0.717) is 12.1 Å². The Kier molecular flexibility index (Phi) is 2.94. The van der Waals surface area contributed by atoms with Gasteiger partial charge in [-0.3, -0.25) is 4.79 Å².